The molecule has 4 N–H and O–H groups in total. The second kappa shape index (κ2) is 13.9. The maximum Gasteiger partial charge on any atom is 0.269 e. The lowest BCUT2D eigenvalue weighted by Gasteiger charge is -2.23. The third kappa shape index (κ3) is 7.42. The zero-order valence-corrected chi connectivity index (χ0v) is 23.3. The number of halogens is 1. The minimum absolute atomic E-state index is 0.0902. The number of piperidine rings is 1. The molecule has 3 aromatic carbocycles. The summed E-state index contributed by atoms with van der Waals surface area (Å²) in [6.07, 6.45) is 2.50. The fourth-order valence-electron chi connectivity index (χ4n) is 4.72. The van der Waals surface area contributed by atoms with E-state index >= 15 is 4.39 Å². The van der Waals surface area contributed by atoms with Crippen LogP contribution in [-0.4, -0.2) is 60.6 Å². The Bertz CT molecular complexity index is 1500. The van der Waals surface area contributed by atoms with Crippen molar-refractivity contribution >= 4 is 22.5 Å². The fraction of sp³-hybridized carbons (Fsp3) is 0.323. The molecule has 1 aromatic heterocycles. The SMILES string of the molecule is COc1cc2c(Oc3ccc(NC(O)C(=O)NCCc4ccccc4)cc3F)ncnc2cc1OCC1CCNCC1. The van der Waals surface area contributed by atoms with E-state index in [4.69, 9.17) is 14.2 Å². The first-order valence-corrected chi connectivity index (χ1v) is 13.9. The summed E-state index contributed by atoms with van der Waals surface area (Å²) in [6, 6.07) is 17.2. The van der Waals surface area contributed by atoms with Gasteiger partial charge in [0.2, 0.25) is 12.1 Å². The number of hydrogen-bond acceptors (Lipinski definition) is 9. The number of aliphatic hydroxyl groups is 1. The zero-order chi connectivity index (χ0) is 29.3. The van der Waals surface area contributed by atoms with Crippen molar-refractivity contribution in [2.24, 2.45) is 5.92 Å². The first kappa shape index (κ1) is 29.0. The summed E-state index contributed by atoms with van der Waals surface area (Å²) < 4.78 is 32.5. The van der Waals surface area contributed by atoms with Gasteiger partial charge < -0.3 is 35.3 Å². The van der Waals surface area contributed by atoms with Crippen LogP contribution in [0.2, 0.25) is 0 Å². The van der Waals surface area contributed by atoms with Gasteiger partial charge in [0.25, 0.3) is 5.91 Å². The van der Waals surface area contributed by atoms with Gasteiger partial charge in [-0.05, 0) is 62.0 Å². The maximum absolute atomic E-state index is 15.0. The Morgan fingerprint density at radius 2 is 1.88 bits per heavy atom. The first-order chi connectivity index (χ1) is 20.5. The van der Waals surface area contributed by atoms with Crippen LogP contribution < -0.4 is 30.2 Å². The van der Waals surface area contributed by atoms with Crippen molar-refractivity contribution in [1.29, 1.82) is 0 Å². The molecule has 0 radical (unpaired) electrons. The summed E-state index contributed by atoms with van der Waals surface area (Å²) >= 11 is 0. The van der Waals surface area contributed by atoms with Crippen molar-refractivity contribution in [2.75, 3.05) is 38.7 Å². The Morgan fingerprint density at radius 1 is 1.07 bits per heavy atom. The molecule has 0 spiro atoms. The van der Waals surface area contributed by atoms with Gasteiger partial charge in [-0.15, -0.1) is 0 Å². The number of aliphatic hydroxyl groups excluding tert-OH is 1. The Balaban J connectivity index is 1.22. The normalized spacial score (nSPS) is 14.3. The van der Waals surface area contributed by atoms with E-state index in [2.05, 4.69) is 25.9 Å². The van der Waals surface area contributed by atoms with Crippen LogP contribution >= 0.6 is 0 Å². The summed E-state index contributed by atoms with van der Waals surface area (Å²) in [6.45, 7) is 2.89. The smallest absolute Gasteiger partial charge is 0.269 e. The number of carbonyl (C=O) groups excluding carboxylic acids is 1. The molecule has 42 heavy (non-hydrogen) atoms. The number of nitrogens with zero attached hydrogens (tertiary/aromatic N) is 2. The fourth-order valence-corrected chi connectivity index (χ4v) is 4.72. The molecule has 2 heterocycles. The molecule has 0 aliphatic carbocycles. The second-order valence-electron chi connectivity index (χ2n) is 10.0. The average Bonchev–Trinajstić information content (AvgIpc) is 3.02. The first-order valence-electron chi connectivity index (χ1n) is 13.9. The van der Waals surface area contributed by atoms with E-state index in [0.29, 0.717) is 47.9 Å². The van der Waals surface area contributed by atoms with Crippen LogP contribution in [0.3, 0.4) is 0 Å². The summed E-state index contributed by atoms with van der Waals surface area (Å²) in [4.78, 5) is 20.8. The summed E-state index contributed by atoms with van der Waals surface area (Å²) in [5.41, 5.74) is 1.82. The Morgan fingerprint density at radius 3 is 2.64 bits per heavy atom. The lowest BCUT2D eigenvalue weighted by molar-refractivity contribution is -0.127. The van der Waals surface area contributed by atoms with Gasteiger partial charge in [0, 0.05) is 24.4 Å². The highest BCUT2D eigenvalue weighted by atomic mass is 19.1. The van der Waals surface area contributed by atoms with Crippen LogP contribution in [-0.2, 0) is 11.2 Å². The quantitative estimate of drug-likeness (QED) is 0.185. The van der Waals surface area contributed by atoms with Crippen molar-refractivity contribution in [1.82, 2.24) is 20.6 Å². The van der Waals surface area contributed by atoms with Crippen LogP contribution in [0.4, 0.5) is 10.1 Å². The van der Waals surface area contributed by atoms with Crippen molar-refractivity contribution in [2.45, 2.75) is 25.5 Å². The molecule has 10 nitrogen and oxygen atoms in total. The van der Waals surface area contributed by atoms with E-state index in [1.54, 1.807) is 19.2 Å². The number of ether oxygens (including phenoxy) is 3. The third-order valence-corrected chi connectivity index (χ3v) is 7.06. The summed E-state index contributed by atoms with van der Waals surface area (Å²) in [5.74, 6) is 0.244. The number of anilines is 1. The van der Waals surface area contributed by atoms with Crippen LogP contribution in [0.1, 0.15) is 18.4 Å². The van der Waals surface area contributed by atoms with Gasteiger partial charge in [0.1, 0.15) is 6.33 Å². The van der Waals surface area contributed by atoms with E-state index < -0.39 is 18.0 Å². The number of fused-ring (bicyclic) bond motifs is 1. The molecule has 220 valence electrons. The molecule has 11 heteroatoms. The van der Waals surface area contributed by atoms with Gasteiger partial charge in [-0.25, -0.2) is 14.4 Å². The predicted octanol–water partition coefficient (Wildman–Crippen LogP) is 4.04. The minimum Gasteiger partial charge on any atom is -0.493 e. The molecule has 1 fully saturated rings. The van der Waals surface area contributed by atoms with Gasteiger partial charge in [-0.2, -0.15) is 0 Å². The molecular weight excluding hydrogens is 541 g/mol. The number of carbonyl (C=O) groups is 1. The number of benzene rings is 3. The molecule has 1 aliphatic heterocycles. The molecule has 1 unspecified atom stereocenters. The number of rotatable bonds is 12. The largest absolute Gasteiger partial charge is 0.493 e. The zero-order valence-electron chi connectivity index (χ0n) is 23.3. The summed E-state index contributed by atoms with van der Waals surface area (Å²) in [7, 11) is 1.55. The van der Waals surface area contributed by atoms with E-state index in [9.17, 15) is 9.90 Å². The summed E-state index contributed by atoms with van der Waals surface area (Å²) in [5, 5.41) is 19.4. The Kier molecular flexibility index (Phi) is 9.62. The molecule has 1 saturated heterocycles. The average molecular weight is 576 g/mol. The van der Waals surface area contributed by atoms with Gasteiger partial charge in [0.05, 0.1) is 24.6 Å². The van der Waals surface area contributed by atoms with Gasteiger partial charge in [-0.1, -0.05) is 30.3 Å². The molecule has 1 atom stereocenters. The topological polar surface area (TPSA) is 127 Å². The van der Waals surface area contributed by atoms with Crippen LogP contribution in [0.5, 0.6) is 23.1 Å². The van der Waals surface area contributed by atoms with Gasteiger partial charge in [0.15, 0.2) is 23.1 Å². The second-order valence-corrected chi connectivity index (χ2v) is 10.0. The molecule has 0 saturated carbocycles. The maximum atomic E-state index is 15.0. The van der Waals surface area contributed by atoms with Crippen molar-refractivity contribution in [3.8, 4) is 23.1 Å². The number of aromatic nitrogens is 2. The van der Waals surface area contributed by atoms with E-state index in [-0.39, 0.29) is 17.3 Å². The highest BCUT2D eigenvalue weighted by molar-refractivity contribution is 5.87. The lowest BCUT2D eigenvalue weighted by atomic mass is 9.99. The predicted molar refractivity (Wildman–Crippen MR) is 156 cm³/mol. The van der Waals surface area contributed by atoms with E-state index in [1.165, 1.54) is 18.5 Å². The standard InChI is InChI=1S/C31H34FN5O5/c1-40-27-16-23-25(17-28(27)41-18-21-9-12-33-13-10-21)35-19-36-31(23)42-26-8-7-22(15-24(26)32)37-30(39)29(38)34-14-11-20-5-3-2-4-6-20/h2-8,15-17,19,21,30,33,37,39H,9-14,18H2,1H3,(H,34,38). The van der Waals surface area contributed by atoms with E-state index in [1.807, 2.05) is 30.3 Å². The number of amides is 1. The van der Waals surface area contributed by atoms with Gasteiger partial charge >= 0.3 is 0 Å². The molecular formula is C31H34FN5O5. The van der Waals surface area contributed by atoms with E-state index in [0.717, 1.165) is 37.6 Å². The van der Waals surface area contributed by atoms with Crippen molar-refractivity contribution in [3.63, 3.8) is 0 Å². The molecule has 1 amide bonds. The van der Waals surface area contributed by atoms with Crippen LogP contribution in [0, 0.1) is 11.7 Å². The van der Waals surface area contributed by atoms with Crippen molar-refractivity contribution in [3.05, 3.63) is 78.4 Å². The van der Waals surface area contributed by atoms with Crippen LogP contribution in [0.25, 0.3) is 10.9 Å². The lowest BCUT2D eigenvalue weighted by Crippen LogP contribution is -2.40. The Labute approximate surface area is 243 Å². The molecule has 4 aromatic rings. The molecule has 1 aliphatic rings. The number of hydrogen-bond donors (Lipinski definition) is 4. The third-order valence-electron chi connectivity index (χ3n) is 7.06. The highest BCUT2D eigenvalue weighted by Gasteiger charge is 2.19. The highest BCUT2D eigenvalue weighted by Crippen LogP contribution is 2.37. The Hall–Kier alpha value is -4.48. The monoisotopic (exact) mass is 575 g/mol. The van der Waals surface area contributed by atoms with Gasteiger partial charge in [-0.3, -0.25) is 4.79 Å². The molecule has 5 rings (SSSR count). The number of methoxy groups -OCH3 is 1. The minimum atomic E-state index is -1.56. The van der Waals surface area contributed by atoms with Crippen LogP contribution in [0.15, 0.2) is 67.0 Å². The molecule has 0 bridgehead atoms. The van der Waals surface area contributed by atoms with Crippen molar-refractivity contribution < 1.29 is 28.5 Å². The number of nitrogens with one attached hydrogen (secondary N) is 3.